The number of nitrogens with zero attached hydrogens (tertiary/aromatic N) is 2. The minimum absolute atomic E-state index is 0.127. The maximum absolute atomic E-state index is 12.4. The number of ether oxygens (including phenoxy) is 1. The summed E-state index contributed by atoms with van der Waals surface area (Å²) in [6, 6.07) is 13.7. The number of carbonyl (C=O) groups excluding carboxylic acids is 1. The van der Waals surface area contributed by atoms with Crippen molar-refractivity contribution in [3.8, 4) is 5.75 Å². The largest absolute Gasteiger partial charge is 0.496 e. The van der Waals surface area contributed by atoms with E-state index in [4.69, 9.17) is 16.3 Å². The first-order valence-electron chi connectivity index (χ1n) is 9.72. The molecule has 5 nitrogen and oxygen atoms in total. The van der Waals surface area contributed by atoms with Gasteiger partial charge in [0.05, 0.1) is 12.7 Å². The third-order valence-electron chi connectivity index (χ3n) is 5.08. The summed E-state index contributed by atoms with van der Waals surface area (Å²) in [4.78, 5) is 17.3. The first-order valence-corrected chi connectivity index (χ1v) is 10.1. The molecule has 1 aliphatic rings. The van der Waals surface area contributed by atoms with E-state index >= 15 is 0 Å². The monoisotopic (exact) mass is 401 g/mol. The van der Waals surface area contributed by atoms with Crippen molar-refractivity contribution in [3.05, 3.63) is 58.6 Å². The molecular weight excluding hydrogens is 374 g/mol. The second kappa shape index (κ2) is 9.80. The summed E-state index contributed by atoms with van der Waals surface area (Å²) in [7, 11) is 1.54. The van der Waals surface area contributed by atoms with Crippen molar-refractivity contribution in [2.75, 3.05) is 51.3 Å². The Morgan fingerprint density at radius 3 is 2.64 bits per heavy atom. The van der Waals surface area contributed by atoms with E-state index in [0.717, 1.165) is 39.1 Å². The van der Waals surface area contributed by atoms with Gasteiger partial charge >= 0.3 is 0 Å². The van der Waals surface area contributed by atoms with E-state index < -0.39 is 0 Å². The van der Waals surface area contributed by atoms with Gasteiger partial charge in [-0.05, 0) is 55.8 Å². The molecule has 0 aliphatic carbocycles. The van der Waals surface area contributed by atoms with Gasteiger partial charge < -0.3 is 15.0 Å². The molecule has 3 rings (SSSR count). The summed E-state index contributed by atoms with van der Waals surface area (Å²) >= 11 is 5.95. The Morgan fingerprint density at radius 2 is 1.93 bits per heavy atom. The molecule has 0 unspecified atom stereocenters. The topological polar surface area (TPSA) is 44.8 Å². The predicted molar refractivity (Wildman–Crippen MR) is 115 cm³/mol. The smallest absolute Gasteiger partial charge is 0.255 e. The number of methoxy groups -OCH3 is 1. The summed E-state index contributed by atoms with van der Waals surface area (Å²) < 4.78 is 5.24. The number of anilines is 1. The van der Waals surface area contributed by atoms with E-state index in [2.05, 4.69) is 46.3 Å². The number of amides is 1. The van der Waals surface area contributed by atoms with Crippen molar-refractivity contribution < 1.29 is 9.53 Å². The highest BCUT2D eigenvalue weighted by atomic mass is 35.5. The lowest BCUT2D eigenvalue weighted by molar-refractivity contribution is 0.0948. The van der Waals surface area contributed by atoms with E-state index in [9.17, 15) is 4.79 Å². The standard InChI is InChI=1S/C22H28ClN3O2/c1-17-5-3-6-19(15-17)26-13-11-25(12-14-26)10-4-9-24-22(27)20-8-7-18(23)16-21(20)28-2/h3,5-8,15-16H,4,9-14H2,1-2H3,(H,24,27). The van der Waals surface area contributed by atoms with Crippen molar-refractivity contribution in [2.24, 2.45) is 0 Å². The van der Waals surface area contributed by atoms with Crippen molar-refractivity contribution in [1.29, 1.82) is 0 Å². The van der Waals surface area contributed by atoms with Gasteiger partial charge in [-0.15, -0.1) is 0 Å². The fraction of sp³-hybridized carbons (Fsp3) is 0.409. The number of piperazine rings is 1. The quantitative estimate of drug-likeness (QED) is 0.720. The molecule has 0 bridgehead atoms. The maximum Gasteiger partial charge on any atom is 0.255 e. The third-order valence-corrected chi connectivity index (χ3v) is 5.32. The summed E-state index contributed by atoms with van der Waals surface area (Å²) in [5.74, 6) is 0.370. The van der Waals surface area contributed by atoms with Crippen LogP contribution >= 0.6 is 11.6 Å². The Balaban J connectivity index is 1.39. The maximum atomic E-state index is 12.4. The number of hydrogen-bond donors (Lipinski definition) is 1. The minimum atomic E-state index is -0.127. The molecule has 1 saturated heterocycles. The minimum Gasteiger partial charge on any atom is -0.496 e. The molecule has 0 radical (unpaired) electrons. The molecule has 150 valence electrons. The lowest BCUT2D eigenvalue weighted by Crippen LogP contribution is -2.47. The van der Waals surface area contributed by atoms with Gasteiger partial charge in [-0.1, -0.05) is 23.7 Å². The zero-order chi connectivity index (χ0) is 19.9. The molecule has 0 spiro atoms. The van der Waals surface area contributed by atoms with Crippen LogP contribution in [0.5, 0.6) is 5.75 Å². The van der Waals surface area contributed by atoms with E-state index in [1.165, 1.54) is 11.3 Å². The normalized spacial score (nSPS) is 14.8. The zero-order valence-corrected chi connectivity index (χ0v) is 17.3. The lowest BCUT2D eigenvalue weighted by atomic mass is 10.2. The Labute approximate surface area is 172 Å². The highest BCUT2D eigenvalue weighted by molar-refractivity contribution is 6.30. The van der Waals surface area contributed by atoms with Gasteiger partial charge in [-0.25, -0.2) is 0 Å². The fourth-order valence-electron chi connectivity index (χ4n) is 3.51. The highest BCUT2D eigenvalue weighted by Gasteiger charge is 2.17. The number of nitrogens with one attached hydrogen (secondary N) is 1. The van der Waals surface area contributed by atoms with E-state index in [0.29, 0.717) is 22.9 Å². The van der Waals surface area contributed by atoms with Crippen LogP contribution in [0.1, 0.15) is 22.3 Å². The number of aryl methyl sites for hydroxylation is 1. The van der Waals surface area contributed by atoms with Gasteiger partial charge in [0.2, 0.25) is 0 Å². The predicted octanol–water partition coefficient (Wildman–Crippen LogP) is 3.60. The Bertz CT molecular complexity index is 804. The average molecular weight is 402 g/mol. The molecule has 6 heteroatoms. The molecule has 0 atom stereocenters. The van der Waals surface area contributed by atoms with E-state index in [1.54, 1.807) is 25.3 Å². The molecular formula is C22H28ClN3O2. The number of carbonyl (C=O) groups is 1. The van der Waals surface area contributed by atoms with Crippen LogP contribution in [-0.4, -0.2) is 57.2 Å². The van der Waals surface area contributed by atoms with Crippen LogP contribution in [-0.2, 0) is 0 Å². The number of benzene rings is 2. The summed E-state index contributed by atoms with van der Waals surface area (Å²) in [6.07, 6.45) is 0.923. The molecule has 1 N–H and O–H groups in total. The number of rotatable bonds is 7. The van der Waals surface area contributed by atoms with Crippen molar-refractivity contribution in [3.63, 3.8) is 0 Å². The Hall–Kier alpha value is -2.24. The first-order chi connectivity index (χ1) is 13.6. The molecule has 0 aromatic heterocycles. The second-order valence-electron chi connectivity index (χ2n) is 7.12. The SMILES string of the molecule is COc1cc(Cl)ccc1C(=O)NCCCN1CCN(c2cccc(C)c2)CC1. The van der Waals surface area contributed by atoms with Gasteiger partial charge in [-0.3, -0.25) is 9.69 Å². The van der Waals surface area contributed by atoms with Crippen molar-refractivity contribution in [2.45, 2.75) is 13.3 Å². The summed E-state index contributed by atoms with van der Waals surface area (Å²) in [5, 5.41) is 3.53. The van der Waals surface area contributed by atoms with Crippen LogP contribution in [0.25, 0.3) is 0 Å². The van der Waals surface area contributed by atoms with Crippen LogP contribution in [0.3, 0.4) is 0 Å². The van der Waals surface area contributed by atoms with Gasteiger partial charge in [0, 0.05) is 43.4 Å². The average Bonchev–Trinajstić information content (AvgIpc) is 2.71. The number of halogens is 1. The molecule has 1 fully saturated rings. The van der Waals surface area contributed by atoms with E-state index in [1.807, 2.05) is 0 Å². The van der Waals surface area contributed by atoms with Gasteiger partial charge in [0.1, 0.15) is 5.75 Å². The van der Waals surface area contributed by atoms with Crippen molar-refractivity contribution >= 4 is 23.2 Å². The molecule has 28 heavy (non-hydrogen) atoms. The fourth-order valence-corrected chi connectivity index (χ4v) is 3.67. The zero-order valence-electron chi connectivity index (χ0n) is 16.6. The third kappa shape index (κ3) is 5.40. The molecule has 0 saturated carbocycles. The van der Waals surface area contributed by atoms with Crippen LogP contribution in [0.2, 0.25) is 5.02 Å². The summed E-state index contributed by atoms with van der Waals surface area (Å²) in [5.41, 5.74) is 3.12. The molecule has 2 aromatic rings. The van der Waals surface area contributed by atoms with Crippen LogP contribution < -0.4 is 15.0 Å². The van der Waals surface area contributed by atoms with Crippen molar-refractivity contribution in [1.82, 2.24) is 10.2 Å². The second-order valence-corrected chi connectivity index (χ2v) is 7.56. The van der Waals surface area contributed by atoms with Crippen LogP contribution in [0.15, 0.2) is 42.5 Å². The van der Waals surface area contributed by atoms with Gasteiger partial charge in [0.15, 0.2) is 0 Å². The van der Waals surface area contributed by atoms with Gasteiger partial charge in [-0.2, -0.15) is 0 Å². The van der Waals surface area contributed by atoms with Crippen LogP contribution in [0.4, 0.5) is 5.69 Å². The van der Waals surface area contributed by atoms with Crippen LogP contribution in [0, 0.1) is 6.92 Å². The molecule has 2 aromatic carbocycles. The van der Waals surface area contributed by atoms with E-state index in [-0.39, 0.29) is 5.91 Å². The lowest BCUT2D eigenvalue weighted by Gasteiger charge is -2.36. The Kier molecular flexibility index (Phi) is 7.18. The molecule has 1 aliphatic heterocycles. The molecule has 1 heterocycles. The van der Waals surface area contributed by atoms with Gasteiger partial charge in [0.25, 0.3) is 5.91 Å². The summed E-state index contributed by atoms with van der Waals surface area (Å²) in [6.45, 7) is 7.94. The Morgan fingerprint density at radius 1 is 1.14 bits per heavy atom. The first kappa shape index (κ1) is 20.5. The molecule has 1 amide bonds. The number of hydrogen-bond acceptors (Lipinski definition) is 4. The highest BCUT2D eigenvalue weighted by Crippen LogP contribution is 2.23.